The van der Waals surface area contributed by atoms with E-state index in [0.29, 0.717) is 22.9 Å². The fourth-order valence-corrected chi connectivity index (χ4v) is 2.77. The van der Waals surface area contributed by atoms with Crippen molar-refractivity contribution in [2.45, 2.75) is 19.8 Å². The van der Waals surface area contributed by atoms with Crippen molar-refractivity contribution >= 4 is 23.5 Å². The Bertz CT molecular complexity index is 783. The Morgan fingerprint density at radius 2 is 1.72 bits per heavy atom. The van der Waals surface area contributed by atoms with Crippen molar-refractivity contribution < 1.29 is 9.59 Å². The summed E-state index contributed by atoms with van der Waals surface area (Å²) in [5.41, 5.74) is 2.24. The second kappa shape index (κ2) is 7.29. The molecule has 2 N–H and O–H groups in total. The van der Waals surface area contributed by atoms with Crippen molar-refractivity contribution in [2.24, 2.45) is 0 Å². The standard InChI is InChI=1S/C18H21N5O2/c1-12-11-15(22-18(20-12)23-9-3-4-10-23)17(25)21-14-7-5-13(6-8-14)16(24)19-2/h5-8,11H,3-4,9-10H2,1-2H3,(H,19,24)(H,21,25). The van der Waals surface area contributed by atoms with Crippen LogP contribution in [-0.4, -0.2) is 41.9 Å². The molecule has 130 valence electrons. The SMILES string of the molecule is CNC(=O)c1ccc(NC(=O)c2cc(C)nc(N3CCCC3)n2)cc1. The van der Waals surface area contributed by atoms with E-state index in [2.05, 4.69) is 25.5 Å². The lowest BCUT2D eigenvalue weighted by Crippen LogP contribution is -2.23. The van der Waals surface area contributed by atoms with E-state index in [1.807, 2.05) is 6.92 Å². The first-order chi connectivity index (χ1) is 12.1. The van der Waals surface area contributed by atoms with Crippen molar-refractivity contribution in [3.8, 4) is 0 Å². The van der Waals surface area contributed by atoms with Gasteiger partial charge in [0.1, 0.15) is 5.69 Å². The first-order valence-corrected chi connectivity index (χ1v) is 8.31. The number of carbonyl (C=O) groups excluding carboxylic acids is 2. The van der Waals surface area contributed by atoms with Gasteiger partial charge in [-0.1, -0.05) is 0 Å². The normalized spacial score (nSPS) is 13.6. The number of rotatable bonds is 4. The van der Waals surface area contributed by atoms with Crippen LogP contribution in [0.25, 0.3) is 0 Å². The van der Waals surface area contributed by atoms with Gasteiger partial charge in [0, 0.05) is 37.1 Å². The average Bonchev–Trinajstić information content (AvgIpc) is 3.16. The van der Waals surface area contributed by atoms with Crippen LogP contribution in [0.1, 0.15) is 39.4 Å². The lowest BCUT2D eigenvalue weighted by Gasteiger charge is -2.16. The van der Waals surface area contributed by atoms with Gasteiger partial charge >= 0.3 is 0 Å². The smallest absolute Gasteiger partial charge is 0.274 e. The Hall–Kier alpha value is -2.96. The number of anilines is 2. The summed E-state index contributed by atoms with van der Waals surface area (Å²) < 4.78 is 0. The summed E-state index contributed by atoms with van der Waals surface area (Å²) in [4.78, 5) is 35.0. The molecule has 0 aliphatic carbocycles. The Labute approximate surface area is 146 Å². The number of aromatic nitrogens is 2. The maximum atomic E-state index is 12.5. The quantitative estimate of drug-likeness (QED) is 0.889. The molecule has 0 saturated carbocycles. The van der Waals surface area contributed by atoms with Gasteiger partial charge in [-0.3, -0.25) is 9.59 Å². The van der Waals surface area contributed by atoms with Crippen molar-refractivity contribution in [2.75, 3.05) is 30.4 Å². The summed E-state index contributed by atoms with van der Waals surface area (Å²) in [5.74, 6) is 0.149. The monoisotopic (exact) mass is 339 g/mol. The second-order valence-corrected chi connectivity index (χ2v) is 6.00. The molecule has 0 bridgehead atoms. The fourth-order valence-electron chi connectivity index (χ4n) is 2.77. The maximum absolute atomic E-state index is 12.5. The molecule has 2 aromatic rings. The Morgan fingerprint density at radius 1 is 1.04 bits per heavy atom. The third-order valence-electron chi connectivity index (χ3n) is 4.10. The van der Waals surface area contributed by atoms with Gasteiger partial charge in [-0.15, -0.1) is 0 Å². The molecule has 0 unspecified atom stereocenters. The molecule has 25 heavy (non-hydrogen) atoms. The fraction of sp³-hybridized carbons (Fsp3) is 0.333. The van der Waals surface area contributed by atoms with Gasteiger partial charge in [0.15, 0.2) is 0 Å². The molecule has 1 fully saturated rings. The Kier molecular flexibility index (Phi) is 4.92. The van der Waals surface area contributed by atoms with E-state index in [4.69, 9.17) is 0 Å². The minimum atomic E-state index is -0.293. The zero-order valence-corrected chi connectivity index (χ0v) is 14.4. The third-order valence-corrected chi connectivity index (χ3v) is 4.10. The predicted octanol–water partition coefficient (Wildman–Crippen LogP) is 2.00. The van der Waals surface area contributed by atoms with Crippen molar-refractivity contribution in [1.29, 1.82) is 0 Å². The number of nitrogens with zero attached hydrogens (tertiary/aromatic N) is 3. The Morgan fingerprint density at radius 3 is 2.36 bits per heavy atom. The summed E-state index contributed by atoms with van der Waals surface area (Å²) in [6, 6.07) is 8.38. The molecule has 1 saturated heterocycles. The highest BCUT2D eigenvalue weighted by Gasteiger charge is 2.18. The number of hydrogen-bond acceptors (Lipinski definition) is 5. The van der Waals surface area contributed by atoms with Gasteiger partial charge in [-0.2, -0.15) is 0 Å². The van der Waals surface area contributed by atoms with Crippen molar-refractivity contribution in [3.05, 3.63) is 47.3 Å². The van der Waals surface area contributed by atoms with Crippen LogP contribution in [0.15, 0.2) is 30.3 Å². The van der Waals surface area contributed by atoms with E-state index in [9.17, 15) is 9.59 Å². The van der Waals surface area contributed by atoms with Gasteiger partial charge < -0.3 is 15.5 Å². The summed E-state index contributed by atoms with van der Waals surface area (Å²) in [7, 11) is 1.58. The van der Waals surface area contributed by atoms with Crippen LogP contribution in [0.5, 0.6) is 0 Å². The number of nitrogens with one attached hydrogen (secondary N) is 2. The lowest BCUT2D eigenvalue weighted by atomic mass is 10.2. The molecule has 2 heterocycles. The number of benzene rings is 1. The summed E-state index contributed by atoms with van der Waals surface area (Å²) in [6.07, 6.45) is 2.24. The summed E-state index contributed by atoms with van der Waals surface area (Å²) in [5, 5.41) is 5.37. The molecule has 0 radical (unpaired) electrons. The molecule has 0 atom stereocenters. The molecule has 1 aliphatic heterocycles. The molecule has 1 aromatic heterocycles. The number of aryl methyl sites for hydroxylation is 1. The van der Waals surface area contributed by atoms with Crippen LogP contribution in [0.4, 0.5) is 11.6 Å². The molecular formula is C18H21N5O2. The van der Waals surface area contributed by atoms with E-state index in [1.54, 1.807) is 37.4 Å². The van der Waals surface area contributed by atoms with E-state index in [1.165, 1.54) is 0 Å². The summed E-state index contributed by atoms with van der Waals surface area (Å²) >= 11 is 0. The second-order valence-electron chi connectivity index (χ2n) is 6.00. The minimum Gasteiger partial charge on any atom is -0.355 e. The highest BCUT2D eigenvalue weighted by atomic mass is 16.2. The van der Waals surface area contributed by atoms with Crippen LogP contribution in [0, 0.1) is 6.92 Å². The molecular weight excluding hydrogens is 318 g/mol. The van der Waals surface area contributed by atoms with Crippen LogP contribution < -0.4 is 15.5 Å². The molecule has 0 spiro atoms. The molecule has 2 amide bonds. The topological polar surface area (TPSA) is 87.2 Å². The van der Waals surface area contributed by atoms with E-state index in [0.717, 1.165) is 31.6 Å². The number of hydrogen-bond donors (Lipinski definition) is 2. The number of carbonyl (C=O) groups is 2. The highest BCUT2D eigenvalue weighted by Crippen LogP contribution is 2.17. The van der Waals surface area contributed by atoms with Crippen LogP contribution in [0.3, 0.4) is 0 Å². The summed E-state index contributed by atoms with van der Waals surface area (Å²) in [6.45, 7) is 3.70. The molecule has 7 heteroatoms. The van der Waals surface area contributed by atoms with Crippen LogP contribution in [0.2, 0.25) is 0 Å². The molecule has 1 aromatic carbocycles. The van der Waals surface area contributed by atoms with E-state index in [-0.39, 0.29) is 11.8 Å². The van der Waals surface area contributed by atoms with Crippen molar-refractivity contribution in [3.63, 3.8) is 0 Å². The third kappa shape index (κ3) is 3.93. The minimum absolute atomic E-state index is 0.167. The van der Waals surface area contributed by atoms with Crippen molar-refractivity contribution in [1.82, 2.24) is 15.3 Å². The van der Waals surface area contributed by atoms with E-state index >= 15 is 0 Å². The maximum Gasteiger partial charge on any atom is 0.274 e. The van der Waals surface area contributed by atoms with Gasteiger partial charge in [-0.05, 0) is 50.1 Å². The predicted molar refractivity (Wildman–Crippen MR) is 96.0 cm³/mol. The largest absolute Gasteiger partial charge is 0.355 e. The lowest BCUT2D eigenvalue weighted by molar-refractivity contribution is 0.0962. The first kappa shape index (κ1) is 16.9. The highest BCUT2D eigenvalue weighted by molar-refractivity contribution is 6.03. The van der Waals surface area contributed by atoms with E-state index < -0.39 is 0 Å². The molecule has 7 nitrogen and oxygen atoms in total. The first-order valence-electron chi connectivity index (χ1n) is 8.31. The number of amides is 2. The Balaban J connectivity index is 1.75. The van der Waals surface area contributed by atoms with Crippen LogP contribution >= 0.6 is 0 Å². The average molecular weight is 339 g/mol. The zero-order valence-electron chi connectivity index (χ0n) is 14.4. The molecule has 1 aliphatic rings. The van der Waals surface area contributed by atoms with Gasteiger partial charge in [0.05, 0.1) is 0 Å². The van der Waals surface area contributed by atoms with Gasteiger partial charge in [-0.25, -0.2) is 9.97 Å². The van der Waals surface area contributed by atoms with Gasteiger partial charge in [0.2, 0.25) is 5.95 Å². The van der Waals surface area contributed by atoms with Crippen LogP contribution in [-0.2, 0) is 0 Å². The zero-order chi connectivity index (χ0) is 17.8. The van der Waals surface area contributed by atoms with Gasteiger partial charge in [0.25, 0.3) is 11.8 Å². The molecule has 3 rings (SSSR count).